The first-order valence-corrected chi connectivity index (χ1v) is 11.5. The fraction of sp³-hybridized carbons (Fsp3) is 0.273. The molecule has 0 unspecified atom stereocenters. The number of hydrogen-bond acceptors (Lipinski definition) is 7. The van der Waals surface area contributed by atoms with Gasteiger partial charge in [0.25, 0.3) is 0 Å². The van der Waals surface area contributed by atoms with Crippen LogP contribution in [0.3, 0.4) is 0 Å². The van der Waals surface area contributed by atoms with E-state index >= 15 is 0 Å². The second kappa shape index (κ2) is 9.09. The van der Waals surface area contributed by atoms with E-state index in [1.807, 2.05) is 0 Å². The van der Waals surface area contributed by atoms with E-state index in [-0.39, 0.29) is 34.2 Å². The molecule has 1 aliphatic heterocycles. The lowest BCUT2D eigenvalue weighted by Crippen LogP contribution is -2.49. The van der Waals surface area contributed by atoms with Crippen molar-refractivity contribution in [3.8, 4) is 11.5 Å². The van der Waals surface area contributed by atoms with Crippen LogP contribution in [-0.2, 0) is 19.4 Å². The molecule has 0 spiro atoms. The average molecular weight is 459 g/mol. The molecule has 1 aromatic heterocycles. The van der Waals surface area contributed by atoms with E-state index in [0.29, 0.717) is 31.7 Å². The second-order valence-corrected chi connectivity index (χ2v) is 9.12. The van der Waals surface area contributed by atoms with Crippen LogP contribution in [0, 0.1) is 5.82 Å². The van der Waals surface area contributed by atoms with Gasteiger partial charge in [-0.05, 0) is 36.4 Å². The van der Waals surface area contributed by atoms with Crippen LogP contribution in [0.25, 0.3) is 11.5 Å². The van der Waals surface area contributed by atoms with Gasteiger partial charge in [0.15, 0.2) is 0 Å². The van der Waals surface area contributed by atoms with Crippen LogP contribution < -0.4 is 4.90 Å². The number of anilines is 1. The monoisotopic (exact) mass is 459 g/mol. The Balaban J connectivity index is 1.71. The largest absolute Gasteiger partial charge is 0.419 e. The Kier molecular flexibility index (Phi) is 6.24. The molecule has 0 radical (unpaired) electrons. The number of carbonyl (C=O) groups excluding carboxylic acids is 1. The Morgan fingerprint density at radius 3 is 2.34 bits per heavy atom. The summed E-state index contributed by atoms with van der Waals surface area (Å²) in [6, 6.07) is 13.4. The molecule has 1 saturated heterocycles. The first-order chi connectivity index (χ1) is 15.4. The zero-order chi connectivity index (χ0) is 22.7. The van der Waals surface area contributed by atoms with E-state index in [9.17, 15) is 17.6 Å². The second-order valence-electron chi connectivity index (χ2n) is 7.25. The first-order valence-electron chi connectivity index (χ1n) is 9.98. The smallest absolute Gasteiger partial charge is 0.248 e. The number of sulfone groups is 1. The quantitative estimate of drug-likeness (QED) is 0.559. The zero-order valence-corrected chi connectivity index (χ0v) is 18.2. The maximum Gasteiger partial charge on any atom is 0.248 e. The number of piperazine rings is 1. The minimum Gasteiger partial charge on any atom is -0.419 e. The highest BCUT2D eigenvalue weighted by Crippen LogP contribution is 2.35. The van der Waals surface area contributed by atoms with Gasteiger partial charge >= 0.3 is 0 Å². The highest BCUT2D eigenvalue weighted by Gasteiger charge is 2.33. The van der Waals surface area contributed by atoms with Crippen molar-refractivity contribution in [3.05, 3.63) is 60.4 Å². The van der Waals surface area contributed by atoms with Crippen molar-refractivity contribution >= 4 is 21.6 Å². The molecule has 0 atom stereocenters. The SMILES string of the molecule is COCC(=O)N1CCN(c2oc(-c3ccc(F)cc3)nc2S(=O)(=O)c2ccccc2)CC1. The van der Waals surface area contributed by atoms with E-state index in [1.54, 1.807) is 28.0 Å². The molecule has 10 heteroatoms. The van der Waals surface area contributed by atoms with Gasteiger partial charge in [0.2, 0.25) is 32.5 Å². The first kappa shape index (κ1) is 22.0. The summed E-state index contributed by atoms with van der Waals surface area (Å²) in [6.07, 6.45) is 0. The van der Waals surface area contributed by atoms with Crippen LogP contribution in [0.1, 0.15) is 0 Å². The van der Waals surface area contributed by atoms with Crippen LogP contribution in [0.4, 0.5) is 10.3 Å². The summed E-state index contributed by atoms with van der Waals surface area (Å²) in [5, 5.41) is -0.209. The lowest BCUT2D eigenvalue weighted by Gasteiger charge is -2.34. The van der Waals surface area contributed by atoms with E-state index in [1.165, 1.54) is 43.5 Å². The van der Waals surface area contributed by atoms with Gasteiger partial charge in [-0.1, -0.05) is 18.2 Å². The third kappa shape index (κ3) is 4.37. The molecule has 1 amide bonds. The van der Waals surface area contributed by atoms with Crippen molar-refractivity contribution in [1.29, 1.82) is 0 Å². The summed E-state index contributed by atoms with van der Waals surface area (Å²) in [7, 11) is -2.52. The molecule has 1 fully saturated rings. The predicted molar refractivity (Wildman–Crippen MR) is 114 cm³/mol. The van der Waals surface area contributed by atoms with E-state index in [4.69, 9.17) is 9.15 Å². The van der Waals surface area contributed by atoms with Crippen LogP contribution in [0.2, 0.25) is 0 Å². The molecular formula is C22H22FN3O5S. The Bertz CT molecular complexity index is 1190. The van der Waals surface area contributed by atoms with Crippen molar-refractivity contribution in [2.45, 2.75) is 9.92 Å². The van der Waals surface area contributed by atoms with Gasteiger partial charge in [-0.25, -0.2) is 12.8 Å². The summed E-state index contributed by atoms with van der Waals surface area (Å²) >= 11 is 0. The van der Waals surface area contributed by atoms with Crippen LogP contribution >= 0.6 is 0 Å². The highest BCUT2D eigenvalue weighted by molar-refractivity contribution is 7.91. The number of rotatable bonds is 6. The summed E-state index contributed by atoms with van der Waals surface area (Å²) in [4.78, 5) is 19.9. The Hall–Kier alpha value is -3.24. The molecule has 0 N–H and O–H groups in total. The summed E-state index contributed by atoms with van der Waals surface area (Å²) in [6.45, 7) is 1.50. The maximum atomic E-state index is 13.4. The lowest BCUT2D eigenvalue weighted by molar-refractivity contribution is -0.135. The van der Waals surface area contributed by atoms with Gasteiger partial charge in [-0.15, -0.1) is 0 Å². The number of aromatic nitrogens is 1. The number of benzene rings is 2. The van der Waals surface area contributed by atoms with Crippen LogP contribution in [0.15, 0.2) is 68.9 Å². The normalized spacial score (nSPS) is 14.6. The summed E-state index contributed by atoms with van der Waals surface area (Å²) < 4.78 is 50.9. The van der Waals surface area contributed by atoms with Gasteiger partial charge < -0.3 is 19.0 Å². The van der Waals surface area contributed by atoms with Gasteiger partial charge in [0.05, 0.1) is 4.90 Å². The van der Waals surface area contributed by atoms with Crippen LogP contribution in [-0.4, -0.2) is 64.1 Å². The molecule has 0 bridgehead atoms. The molecule has 8 nitrogen and oxygen atoms in total. The minimum atomic E-state index is -3.97. The summed E-state index contributed by atoms with van der Waals surface area (Å²) in [5.41, 5.74) is 0.455. The molecular weight excluding hydrogens is 437 g/mol. The average Bonchev–Trinajstić information content (AvgIpc) is 3.27. The third-order valence-corrected chi connectivity index (χ3v) is 6.83. The van der Waals surface area contributed by atoms with Crippen molar-refractivity contribution in [2.75, 3.05) is 44.8 Å². The number of nitrogens with zero attached hydrogens (tertiary/aromatic N) is 3. The molecule has 1 aliphatic rings. The topological polar surface area (TPSA) is 92.9 Å². The van der Waals surface area contributed by atoms with Crippen LogP contribution in [0.5, 0.6) is 0 Å². The number of carbonyl (C=O) groups is 1. The van der Waals surface area contributed by atoms with Gasteiger partial charge in [-0.3, -0.25) is 4.79 Å². The van der Waals surface area contributed by atoms with Crippen molar-refractivity contribution in [3.63, 3.8) is 0 Å². The van der Waals surface area contributed by atoms with E-state index < -0.39 is 15.7 Å². The molecule has 0 saturated carbocycles. The number of amides is 1. The number of methoxy groups -OCH3 is 1. The molecule has 2 heterocycles. The number of hydrogen-bond donors (Lipinski definition) is 0. The van der Waals surface area contributed by atoms with Crippen molar-refractivity contribution in [1.82, 2.24) is 9.88 Å². The Morgan fingerprint density at radius 2 is 1.72 bits per heavy atom. The van der Waals surface area contributed by atoms with Crippen molar-refractivity contribution in [2.24, 2.45) is 0 Å². The fourth-order valence-electron chi connectivity index (χ4n) is 3.47. The van der Waals surface area contributed by atoms with E-state index in [2.05, 4.69) is 4.98 Å². The predicted octanol–water partition coefficient (Wildman–Crippen LogP) is 2.61. The van der Waals surface area contributed by atoms with Gasteiger partial charge in [-0.2, -0.15) is 4.98 Å². The van der Waals surface area contributed by atoms with Gasteiger partial charge in [0, 0.05) is 38.9 Å². The maximum absolute atomic E-state index is 13.4. The number of halogens is 1. The number of oxazole rings is 1. The Labute approximate surface area is 185 Å². The molecule has 2 aromatic carbocycles. The molecule has 0 aliphatic carbocycles. The summed E-state index contributed by atoms with van der Waals surface area (Å²) in [5.74, 6) is -0.372. The fourth-order valence-corrected chi connectivity index (χ4v) is 4.82. The highest BCUT2D eigenvalue weighted by atomic mass is 32.2. The third-order valence-electron chi connectivity index (χ3n) is 5.17. The molecule has 32 heavy (non-hydrogen) atoms. The molecule has 168 valence electrons. The minimum absolute atomic E-state index is 0.00927. The van der Waals surface area contributed by atoms with E-state index in [0.717, 1.165) is 0 Å². The van der Waals surface area contributed by atoms with Gasteiger partial charge in [0.1, 0.15) is 12.4 Å². The molecule has 3 aromatic rings. The van der Waals surface area contributed by atoms with Crippen molar-refractivity contribution < 1.29 is 26.8 Å². The lowest BCUT2D eigenvalue weighted by atomic mass is 10.2. The Morgan fingerprint density at radius 1 is 1.06 bits per heavy atom. The standard InChI is InChI=1S/C22H22FN3O5S/c1-30-15-19(27)25-11-13-26(14-12-25)22-21(32(28,29)18-5-3-2-4-6-18)24-20(31-22)16-7-9-17(23)10-8-16/h2-10H,11-15H2,1H3. The molecule has 4 rings (SSSR count). The number of ether oxygens (including phenoxy) is 1. The zero-order valence-electron chi connectivity index (χ0n) is 17.4.